The number of aromatic nitrogens is 1. The molecule has 2 aromatic rings. The highest BCUT2D eigenvalue weighted by atomic mass is 16.5. The summed E-state index contributed by atoms with van der Waals surface area (Å²) >= 11 is 0. The number of para-hydroxylation sites is 1. The van der Waals surface area contributed by atoms with Gasteiger partial charge in [-0.25, -0.2) is 0 Å². The first-order chi connectivity index (χ1) is 10.2. The Morgan fingerprint density at radius 3 is 2.81 bits per heavy atom. The van der Waals surface area contributed by atoms with E-state index < -0.39 is 0 Å². The van der Waals surface area contributed by atoms with E-state index in [4.69, 9.17) is 4.74 Å². The molecule has 6 heteroatoms. The number of benzene rings is 1. The molecule has 0 aliphatic carbocycles. The van der Waals surface area contributed by atoms with Crippen LogP contribution in [0.25, 0.3) is 10.9 Å². The van der Waals surface area contributed by atoms with E-state index in [-0.39, 0.29) is 24.8 Å². The van der Waals surface area contributed by atoms with E-state index in [1.165, 1.54) is 0 Å². The standard InChI is InChI=1S/C15H19N3O3/c1-21-7-6-16-15(20)10-18-14(19)8-11-9-17-13-5-3-2-4-12(11)13/h2-5,9,17H,6-8,10H2,1H3,(H,16,20)(H,18,19). The quantitative estimate of drug-likeness (QED) is 0.652. The van der Waals surface area contributed by atoms with E-state index in [0.29, 0.717) is 13.2 Å². The van der Waals surface area contributed by atoms with Crippen molar-refractivity contribution in [1.82, 2.24) is 15.6 Å². The number of hydrogen-bond donors (Lipinski definition) is 3. The molecule has 112 valence electrons. The predicted molar refractivity (Wildman–Crippen MR) is 79.9 cm³/mol. The summed E-state index contributed by atoms with van der Waals surface area (Å²) in [7, 11) is 1.56. The number of carbonyl (C=O) groups excluding carboxylic acids is 2. The van der Waals surface area contributed by atoms with Gasteiger partial charge in [-0.3, -0.25) is 9.59 Å². The lowest BCUT2D eigenvalue weighted by molar-refractivity contribution is -0.125. The molecule has 0 unspecified atom stereocenters. The van der Waals surface area contributed by atoms with Gasteiger partial charge in [-0.15, -0.1) is 0 Å². The summed E-state index contributed by atoms with van der Waals surface area (Å²) in [6.45, 7) is 0.869. The molecule has 0 fully saturated rings. The third-order valence-electron chi connectivity index (χ3n) is 3.10. The summed E-state index contributed by atoms with van der Waals surface area (Å²) in [6.07, 6.45) is 2.07. The minimum absolute atomic E-state index is 0.0229. The summed E-state index contributed by atoms with van der Waals surface area (Å²) in [5.41, 5.74) is 1.92. The number of rotatable bonds is 7. The van der Waals surface area contributed by atoms with Gasteiger partial charge in [0.15, 0.2) is 0 Å². The zero-order valence-electron chi connectivity index (χ0n) is 11.9. The van der Waals surface area contributed by atoms with E-state index in [2.05, 4.69) is 15.6 Å². The maximum absolute atomic E-state index is 11.9. The van der Waals surface area contributed by atoms with Crippen molar-refractivity contribution in [2.45, 2.75) is 6.42 Å². The fourth-order valence-corrected chi connectivity index (χ4v) is 2.05. The minimum atomic E-state index is -0.223. The van der Waals surface area contributed by atoms with Crippen molar-refractivity contribution in [1.29, 1.82) is 0 Å². The first-order valence-electron chi connectivity index (χ1n) is 6.78. The van der Waals surface area contributed by atoms with Crippen LogP contribution in [-0.4, -0.2) is 43.6 Å². The Balaban J connectivity index is 1.81. The molecule has 0 saturated carbocycles. The molecule has 1 aromatic heterocycles. The average Bonchev–Trinajstić information content (AvgIpc) is 2.89. The molecular formula is C15H19N3O3. The fourth-order valence-electron chi connectivity index (χ4n) is 2.05. The Morgan fingerprint density at radius 1 is 1.19 bits per heavy atom. The number of H-pyrrole nitrogens is 1. The second-order valence-electron chi connectivity index (χ2n) is 4.66. The summed E-state index contributed by atoms with van der Waals surface area (Å²) in [6, 6.07) is 7.79. The van der Waals surface area contributed by atoms with E-state index in [0.717, 1.165) is 16.5 Å². The van der Waals surface area contributed by atoms with Crippen LogP contribution in [0.2, 0.25) is 0 Å². The van der Waals surface area contributed by atoms with E-state index >= 15 is 0 Å². The van der Waals surface area contributed by atoms with Gasteiger partial charge < -0.3 is 20.4 Å². The molecule has 0 radical (unpaired) electrons. The van der Waals surface area contributed by atoms with Crippen LogP contribution < -0.4 is 10.6 Å². The van der Waals surface area contributed by atoms with E-state index in [1.807, 2.05) is 30.5 Å². The van der Waals surface area contributed by atoms with Crippen LogP contribution in [0, 0.1) is 0 Å². The SMILES string of the molecule is COCCNC(=O)CNC(=O)Cc1c[nH]c2ccccc12. The normalized spacial score (nSPS) is 10.5. The lowest BCUT2D eigenvalue weighted by Gasteiger charge is -2.06. The van der Waals surface area contributed by atoms with Crippen LogP contribution in [0.3, 0.4) is 0 Å². The molecule has 0 atom stereocenters. The first-order valence-corrected chi connectivity index (χ1v) is 6.78. The smallest absolute Gasteiger partial charge is 0.239 e. The van der Waals surface area contributed by atoms with Gasteiger partial charge in [0.25, 0.3) is 0 Å². The zero-order chi connectivity index (χ0) is 15.1. The Morgan fingerprint density at radius 2 is 2.00 bits per heavy atom. The van der Waals surface area contributed by atoms with Gasteiger partial charge in [-0.1, -0.05) is 18.2 Å². The molecule has 0 aliphatic heterocycles. The molecule has 0 bridgehead atoms. The maximum atomic E-state index is 11.9. The monoisotopic (exact) mass is 289 g/mol. The molecule has 2 rings (SSSR count). The molecule has 0 spiro atoms. The summed E-state index contributed by atoms with van der Waals surface area (Å²) in [4.78, 5) is 26.4. The van der Waals surface area contributed by atoms with Gasteiger partial charge in [0.1, 0.15) is 0 Å². The van der Waals surface area contributed by atoms with E-state index in [1.54, 1.807) is 7.11 Å². The van der Waals surface area contributed by atoms with Gasteiger partial charge in [0.05, 0.1) is 19.6 Å². The molecule has 0 saturated heterocycles. The van der Waals surface area contributed by atoms with Crippen molar-refractivity contribution in [3.63, 3.8) is 0 Å². The molecule has 0 aliphatic rings. The van der Waals surface area contributed by atoms with Gasteiger partial charge in [0.2, 0.25) is 11.8 Å². The van der Waals surface area contributed by atoms with Crippen molar-refractivity contribution >= 4 is 22.7 Å². The largest absolute Gasteiger partial charge is 0.383 e. The van der Waals surface area contributed by atoms with Crippen molar-refractivity contribution in [3.05, 3.63) is 36.0 Å². The van der Waals surface area contributed by atoms with Gasteiger partial charge in [-0.05, 0) is 11.6 Å². The second kappa shape index (κ2) is 7.44. The third-order valence-corrected chi connectivity index (χ3v) is 3.10. The fraction of sp³-hybridized carbons (Fsp3) is 0.333. The van der Waals surface area contributed by atoms with Crippen LogP contribution in [0.5, 0.6) is 0 Å². The van der Waals surface area contributed by atoms with Crippen molar-refractivity contribution < 1.29 is 14.3 Å². The van der Waals surface area contributed by atoms with Crippen molar-refractivity contribution in [2.24, 2.45) is 0 Å². The Labute approximate surface area is 122 Å². The van der Waals surface area contributed by atoms with E-state index in [9.17, 15) is 9.59 Å². The van der Waals surface area contributed by atoms with Crippen LogP contribution in [-0.2, 0) is 20.7 Å². The van der Waals surface area contributed by atoms with Crippen molar-refractivity contribution in [2.75, 3.05) is 26.8 Å². The van der Waals surface area contributed by atoms with Crippen LogP contribution in [0.4, 0.5) is 0 Å². The lowest BCUT2D eigenvalue weighted by Crippen LogP contribution is -2.38. The number of hydrogen-bond acceptors (Lipinski definition) is 3. The molecule has 2 amide bonds. The molecule has 21 heavy (non-hydrogen) atoms. The molecule has 1 aromatic carbocycles. The summed E-state index contributed by atoms with van der Waals surface area (Å²) in [5.74, 6) is -0.402. The average molecular weight is 289 g/mol. The number of amides is 2. The molecule has 6 nitrogen and oxygen atoms in total. The third kappa shape index (κ3) is 4.32. The Kier molecular flexibility index (Phi) is 5.34. The van der Waals surface area contributed by atoms with Gasteiger partial charge in [0, 0.05) is 30.8 Å². The zero-order valence-corrected chi connectivity index (χ0v) is 11.9. The van der Waals surface area contributed by atoms with Crippen LogP contribution in [0.15, 0.2) is 30.5 Å². The number of carbonyl (C=O) groups is 2. The highest BCUT2D eigenvalue weighted by Crippen LogP contribution is 2.17. The molecular weight excluding hydrogens is 270 g/mol. The van der Waals surface area contributed by atoms with Crippen molar-refractivity contribution in [3.8, 4) is 0 Å². The topological polar surface area (TPSA) is 83.2 Å². The van der Waals surface area contributed by atoms with Crippen LogP contribution in [0.1, 0.15) is 5.56 Å². The number of nitrogens with one attached hydrogen (secondary N) is 3. The summed E-state index contributed by atoms with van der Waals surface area (Å²) in [5, 5.41) is 6.27. The van der Waals surface area contributed by atoms with Gasteiger partial charge in [-0.2, -0.15) is 0 Å². The number of aromatic amines is 1. The first kappa shape index (κ1) is 15.1. The molecule has 1 heterocycles. The molecule has 3 N–H and O–H groups in total. The highest BCUT2D eigenvalue weighted by molar-refractivity contribution is 5.90. The lowest BCUT2D eigenvalue weighted by atomic mass is 10.1. The second-order valence-corrected chi connectivity index (χ2v) is 4.66. The highest BCUT2D eigenvalue weighted by Gasteiger charge is 2.09. The number of ether oxygens (including phenoxy) is 1. The Bertz CT molecular complexity index is 621. The predicted octanol–water partition coefficient (Wildman–Crippen LogP) is 0.589. The van der Waals surface area contributed by atoms with Gasteiger partial charge >= 0.3 is 0 Å². The van der Waals surface area contributed by atoms with Crippen LogP contribution >= 0.6 is 0 Å². The maximum Gasteiger partial charge on any atom is 0.239 e. The Hall–Kier alpha value is -2.34. The minimum Gasteiger partial charge on any atom is -0.383 e. The number of fused-ring (bicyclic) bond motifs is 1. The summed E-state index contributed by atoms with van der Waals surface area (Å²) < 4.78 is 4.82. The number of methoxy groups -OCH3 is 1.